The van der Waals surface area contributed by atoms with E-state index < -0.39 is 36.1 Å². The second kappa shape index (κ2) is 16.3. The SMILES string of the molecule is CCOC(=O)c1ccc(NC(=O)N([C@@H]2CC[N+](C)(Cc3ccc(Cl)cc3)C2)[C@@H](Cc2ccc(O)cc2)C(N)=O)cc1.O=C([O-])C(F)(F)F. The molecule has 1 heterocycles. The molecule has 1 aliphatic rings. The third-order valence-electron chi connectivity index (χ3n) is 7.67. The Labute approximate surface area is 280 Å². The van der Waals surface area contributed by atoms with Crippen molar-refractivity contribution in [2.45, 2.75) is 44.6 Å². The first-order valence-corrected chi connectivity index (χ1v) is 15.2. The number of carboxylic acids is 1. The molecule has 3 atom stereocenters. The highest BCUT2D eigenvalue weighted by Gasteiger charge is 2.43. The number of amides is 3. The maximum absolute atomic E-state index is 13.9. The predicted molar refractivity (Wildman–Crippen MR) is 169 cm³/mol. The van der Waals surface area contributed by atoms with E-state index in [1.807, 2.05) is 24.3 Å². The first-order valence-electron chi connectivity index (χ1n) is 14.8. The maximum atomic E-state index is 13.9. The van der Waals surface area contributed by atoms with Crippen molar-refractivity contribution >= 4 is 41.2 Å². The van der Waals surface area contributed by atoms with E-state index in [4.69, 9.17) is 32.0 Å². The molecule has 0 spiro atoms. The number of carboxylic acid groups (broad SMARTS) is 1. The zero-order valence-electron chi connectivity index (χ0n) is 26.2. The van der Waals surface area contributed by atoms with E-state index in [9.17, 15) is 32.7 Å². The Morgan fingerprint density at radius 1 is 1.04 bits per heavy atom. The van der Waals surface area contributed by atoms with Crippen LogP contribution in [0.1, 0.15) is 34.8 Å². The number of alkyl halides is 3. The molecule has 1 saturated heterocycles. The van der Waals surface area contributed by atoms with Gasteiger partial charge in [0.2, 0.25) is 5.91 Å². The summed E-state index contributed by atoms with van der Waals surface area (Å²) >= 11 is 6.07. The van der Waals surface area contributed by atoms with Crippen LogP contribution in [0, 0.1) is 0 Å². The Balaban J connectivity index is 0.000000804. The van der Waals surface area contributed by atoms with Crippen molar-refractivity contribution in [1.82, 2.24) is 4.90 Å². The number of rotatable bonds is 10. The molecule has 4 N–H and O–H groups in total. The molecule has 0 aromatic heterocycles. The van der Waals surface area contributed by atoms with Gasteiger partial charge in [0.05, 0.1) is 38.3 Å². The molecule has 1 fully saturated rings. The lowest BCUT2D eigenvalue weighted by atomic mass is 10.0. The quantitative estimate of drug-likeness (QED) is 0.215. The van der Waals surface area contributed by atoms with Crippen LogP contribution in [0.25, 0.3) is 0 Å². The van der Waals surface area contributed by atoms with Gasteiger partial charge in [0, 0.05) is 29.1 Å². The Morgan fingerprint density at radius 3 is 2.12 bits per heavy atom. The minimum atomic E-state index is -5.19. The number of benzene rings is 3. The van der Waals surface area contributed by atoms with Gasteiger partial charge in [0.25, 0.3) is 0 Å². The number of anilines is 1. The number of aromatic hydroxyl groups is 1. The summed E-state index contributed by atoms with van der Waals surface area (Å²) in [4.78, 5) is 49.1. The van der Waals surface area contributed by atoms with E-state index in [1.54, 1.807) is 60.4 Å². The zero-order valence-corrected chi connectivity index (χ0v) is 27.0. The largest absolute Gasteiger partial charge is 0.542 e. The molecule has 3 amide bonds. The fourth-order valence-corrected chi connectivity index (χ4v) is 5.52. The van der Waals surface area contributed by atoms with E-state index in [0.717, 1.165) is 24.2 Å². The number of quaternary nitrogens is 1. The van der Waals surface area contributed by atoms with Crippen molar-refractivity contribution in [1.29, 1.82) is 0 Å². The number of ether oxygens (including phenoxy) is 1. The summed E-state index contributed by atoms with van der Waals surface area (Å²) in [5.74, 6) is -3.97. The summed E-state index contributed by atoms with van der Waals surface area (Å²) in [6.45, 7) is 4.17. The lowest BCUT2D eigenvalue weighted by Crippen LogP contribution is -2.56. The van der Waals surface area contributed by atoms with E-state index in [-0.39, 0.29) is 24.8 Å². The lowest BCUT2D eigenvalue weighted by Gasteiger charge is -2.36. The number of hydrogen-bond donors (Lipinski definition) is 3. The van der Waals surface area contributed by atoms with E-state index >= 15 is 0 Å². The molecule has 0 radical (unpaired) electrons. The van der Waals surface area contributed by atoms with Crippen LogP contribution >= 0.6 is 11.6 Å². The van der Waals surface area contributed by atoms with Crippen LogP contribution in [0.15, 0.2) is 72.8 Å². The van der Waals surface area contributed by atoms with Crippen molar-refractivity contribution < 1.29 is 51.8 Å². The number of hydrogen-bond acceptors (Lipinski definition) is 7. The molecule has 1 aliphatic heterocycles. The van der Waals surface area contributed by atoms with E-state index in [1.165, 1.54) is 0 Å². The number of phenols is 1. The summed E-state index contributed by atoms with van der Waals surface area (Å²) < 4.78 is 37.3. The zero-order chi connectivity index (χ0) is 35.6. The molecular weight excluding hydrogens is 657 g/mol. The molecule has 0 saturated carbocycles. The van der Waals surface area contributed by atoms with Gasteiger partial charge in [-0.25, -0.2) is 9.59 Å². The van der Waals surface area contributed by atoms with Crippen molar-refractivity contribution in [3.05, 3.63) is 94.5 Å². The molecule has 15 heteroatoms. The summed E-state index contributed by atoms with van der Waals surface area (Å²) in [6, 6.07) is 19.0. The minimum Gasteiger partial charge on any atom is -0.542 e. The van der Waals surface area contributed by atoms with Crippen LogP contribution in [0.3, 0.4) is 0 Å². The van der Waals surface area contributed by atoms with Crippen LogP contribution in [0.5, 0.6) is 5.75 Å². The average molecular weight is 693 g/mol. The minimum absolute atomic E-state index is 0.108. The first kappa shape index (κ1) is 37.6. The number of likely N-dealkylation sites (tertiary alicyclic amines) is 1. The number of carbonyl (C=O) groups excluding carboxylic acids is 4. The molecule has 48 heavy (non-hydrogen) atoms. The highest BCUT2D eigenvalue weighted by atomic mass is 35.5. The number of carbonyl (C=O) groups is 4. The number of halogens is 4. The third-order valence-corrected chi connectivity index (χ3v) is 7.92. The normalized spacial score (nSPS) is 17.8. The van der Waals surface area contributed by atoms with Crippen molar-refractivity contribution in [2.75, 3.05) is 32.1 Å². The molecule has 11 nitrogen and oxygen atoms in total. The molecule has 3 aromatic rings. The van der Waals surface area contributed by atoms with Crippen LogP contribution in [-0.4, -0.2) is 83.4 Å². The van der Waals surface area contributed by atoms with Gasteiger partial charge in [-0.3, -0.25) is 4.79 Å². The second-order valence-electron chi connectivity index (χ2n) is 11.5. The van der Waals surface area contributed by atoms with E-state index in [0.29, 0.717) is 33.7 Å². The van der Waals surface area contributed by atoms with Gasteiger partial charge in [0.15, 0.2) is 0 Å². The monoisotopic (exact) mass is 692 g/mol. The Kier molecular flexibility index (Phi) is 12.8. The summed E-state index contributed by atoms with van der Waals surface area (Å²) in [7, 11) is 2.14. The highest BCUT2D eigenvalue weighted by molar-refractivity contribution is 6.30. The molecular formula is C33H36ClF3N4O7. The number of primary amides is 1. The number of likely N-dealkylation sites (N-methyl/N-ethyl adjacent to an activating group) is 1. The fourth-order valence-electron chi connectivity index (χ4n) is 5.40. The molecule has 1 unspecified atom stereocenters. The number of nitrogens with two attached hydrogens (primary N) is 1. The van der Waals surface area contributed by atoms with Gasteiger partial charge in [0.1, 0.15) is 24.3 Å². The second-order valence-corrected chi connectivity index (χ2v) is 11.9. The lowest BCUT2D eigenvalue weighted by molar-refractivity contribution is -0.911. The Bertz CT molecular complexity index is 1570. The first-order chi connectivity index (χ1) is 22.5. The number of nitrogens with zero attached hydrogens (tertiary/aromatic N) is 2. The molecule has 3 aromatic carbocycles. The van der Waals surface area contributed by atoms with Crippen LogP contribution in [-0.2, 0) is 27.3 Å². The Morgan fingerprint density at radius 2 is 1.60 bits per heavy atom. The third kappa shape index (κ3) is 10.9. The number of urea groups is 1. The maximum Gasteiger partial charge on any atom is 0.430 e. The number of esters is 1. The number of aliphatic carboxylic acids is 1. The van der Waals surface area contributed by atoms with Gasteiger partial charge in [-0.2, -0.15) is 13.2 Å². The van der Waals surface area contributed by atoms with Crippen LogP contribution in [0.4, 0.5) is 23.7 Å². The van der Waals surface area contributed by atoms with Crippen LogP contribution < -0.4 is 16.2 Å². The number of nitrogens with one attached hydrogen (secondary N) is 1. The van der Waals surface area contributed by atoms with Gasteiger partial charge in [-0.1, -0.05) is 35.9 Å². The van der Waals surface area contributed by atoms with Gasteiger partial charge in [-0.05, 0) is 61.0 Å². The average Bonchev–Trinajstić information content (AvgIpc) is 3.40. The van der Waals surface area contributed by atoms with E-state index in [2.05, 4.69) is 12.4 Å². The standard InChI is InChI=1S/C31H35ClN4O5.C2HF3O2/c1-3-41-30(39)23-8-12-25(13-9-23)34-31(40)35(28(29(33)38)18-21-6-14-27(37)15-7-21)26-16-17-36(2,20-26)19-22-4-10-24(32)11-5-22;3-2(4,5)1(6)7/h4-15,26,28H,3,16-20H2,1-2H3,(H3-,33,34,37,38,39,40);(H,6,7)/t26-,28+,36?;/m1./s1. The van der Waals surface area contributed by atoms with Crippen molar-refractivity contribution in [2.24, 2.45) is 5.73 Å². The summed E-state index contributed by atoms with van der Waals surface area (Å²) in [6.07, 6.45) is -4.32. The molecule has 0 bridgehead atoms. The molecule has 258 valence electrons. The van der Waals surface area contributed by atoms with Crippen molar-refractivity contribution in [3.8, 4) is 5.75 Å². The summed E-state index contributed by atoms with van der Waals surface area (Å²) in [5.41, 5.74) is 8.66. The van der Waals surface area contributed by atoms with Gasteiger partial charge < -0.3 is 40.2 Å². The molecule has 4 rings (SSSR count). The highest BCUT2D eigenvalue weighted by Crippen LogP contribution is 2.28. The fraction of sp³-hybridized carbons (Fsp3) is 0.333. The van der Waals surface area contributed by atoms with Crippen LogP contribution in [0.2, 0.25) is 5.02 Å². The topological polar surface area (TPSA) is 162 Å². The smallest absolute Gasteiger partial charge is 0.430 e. The van der Waals surface area contributed by atoms with Crippen molar-refractivity contribution in [3.63, 3.8) is 0 Å². The van der Waals surface area contributed by atoms with Gasteiger partial charge in [-0.15, -0.1) is 0 Å². The summed E-state index contributed by atoms with van der Waals surface area (Å²) in [5, 5.41) is 22.1. The Hall–Kier alpha value is -4.82. The molecule has 0 aliphatic carbocycles. The van der Waals surface area contributed by atoms with Gasteiger partial charge >= 0.3 is 18.2 Å². The predicted octanol–water partition coefficient (Wildman–Crippen LogP) is 3.87. The number of phenolic OH excluding ortho intramolecular Hbond substituents is 1.